The lowest BCUT2D eigenvalue weighted by Crippen LogP contribution is -2.57. The summed E-state index contributed by atoms with van der Waals surface area (Å²) in [6.45, 7) is 3.15. The van der Waals surface area contributed by atoms with Gasteiger partial charge in [-0.1, -0.05) is 6.58 Å². The van der Waals surface area contributed by atoms with Crippen molar-refractivity contribution >= 4 is 42.6 Å². The molecule has 9 nitrogen and oxygen atoms in total. The van der Waals surface area contributed by atoms with Gasteiger partial charge in [-0.25, -0.2) is 0 Å². The number of hydrogen-bond acceptors (Lipinski definition) is 6. The second kappa shape index (κ2) is 7.13. The lowest BCUT2D eigenvalue weighted by Gasteiger charge is -2.44. The second-order valence-electron chi connectivity index (χ2n) is 7.07. The molecule has 2 aromatic rings. The molecular formula is C17H14F4N2O7S2. The molecule has 0 heterocycles. The van der Waals surface area contributed by atoms with Crippen LogP contribution in [0.4, 0.5) is 23.2 Å². The van der Waals surface area contributed by atoms with Crippen LogP contribution in [0.1, 0.15) is 17.9 Å². The molecule has 0 aliphatic heterocycles. The van der Waals surface area contributed by atoms with E-state index in [0.29, 0.717) is 18.2 Å². The van der Waals surface area contributed by atoms with Gasteiger partial charge < -0.3 is 11.1 Å². The van der Waals surface area contributed by atoms with Gasteiger partial charge in [-0.3, -0.25) is 13.9 Å². The Labute approximate surface area is 178 Å². The summed E-state index contributed by atoms with van der Waals surface area (Å²) < 4.78 is 121. The smallest absolute Gasteiger partial charge is 0.317 e. The lowest BCUT2D eigenvalue weighted by molar-refractivity contribution is -0.290. The van der Waals surface area contributed by atoms with E-state index in [1.54, 1.807) is 0 Å². The van der Waals surface area contributed by atoms with Crippen molar-refractivity contribution in [3.8, 4) is 0 Å². The van der Waals surface area contributed by atoms with Crippen LogP contribution in [0, 0.1) is 0 Å². The van der Waals surface area contributed by atoms with Crippen LogP contribution in [0.5, 0.6) is 0 Å². The average molecular weight is 498 g/mol. The third-order valence-electron chi connectivity index (χ3n) is 4.94. The summed E-state index contributed by atoms with van der Waals surface area (Å²) in [4.78, 5) is 9.73. The Morgan fingerprint density at radius 3 is 2.06 bits per heavy atom. The fraction of sp³-hybridized carbons (Fsp3) is 0.235. The predicted molar refractivity (Wildman–Crippen MR) is 103 cm³/mol. The van der Waals surface area contributed by atoms with Gasteiger partial charge in [0, 0.05) is 17.2 Å². The van der Waals surface area contributed by atoms with Gasteiger partial charge >= 0.3 is 11.8 Å². The van der Waals surface area contributed by atoms with E-state index in [0.717, 1.165) is 6.07 Å². The molecule has 2 aromatic carbocycles. The Morgan fingerprint density at radius 1 is 1.06 bits per heavy atom. The number of hydrogen-bond donors (Lipinski definition) is 4. The molecule has 0 aromatic heterocycles. The largest absolute Gasteiger partial charge is 0.395 e. The standard InChI is InChI=1S/C17H14F4N2O7S2/c1-7(22)15(24)23-11-2-3-12(31(25,26)27)9-4-8(5-13(14(9)11)32(28,29)30)10-6-16(18,19)17(10,20)21/h2-5,10H,1,6,22H2,(H,23,24)(H,25,26,27)(H,28,29,30). The summed E-state index contributed by atoms with van der Waals surface area (Å²) in [7, 11) is -10.4. The first kappa shape index (κ1) is 23.9. The number of rotatable bonds is 5. The number of nitrogens with one attached hydrogen (secondary N) is 1. The summed E-state index contributed by atoms with van der Waals surface area (Å²) in [5.74, 6) is -12.3. The van der Waals surface area contributed by atoms with Gasteiger partial charge in [-0.2, -0.15) is 34.4 Å². The molecule has 0 radical (unpaired) electrons. The van der Waals surface area contributed by atoms with Gasteiger partial charge in [0.25, 0.3) is 26.1 Å². The Morgan fingerprint density at radius 2 is 1.62 bits per heavy atom. The normalized spacial score (nSPS) is 19.9. The predicted octanol–water partition coefficient (Wildman–Crippen LogP) is 2.50. The summed E-state index contributed by atoms with van der Waals surface area (Å²) in [5, 5.41) is 0.667. The first-order valence-electron chi connectivity index (χ1n) is 8.45. The van der Waals surface area contributed by atoms with Crippen LogP contribution in [0.3, 0.4) is 0 Å². The van der Waals surface area contributed by atoms with Crippen LogP contribution in [0.15, 0.2) is 46.3 Å². The van der Waals surface area contributed by atoms with Gasteiger partial charge in [0.2, 0.25) is 0 Å². The van der Waals surface area contributed by atoms with Gasteiger partial charge in [0.05, 0.1) is 17.3 Å². The number of alkyl halides is 4. The van der Waals surface area contributed by atoms with Gasteiger partial charge in [0.15, 0.2) is 0 Å². The molecule has 1 atom stereocenters. The van der Waals surface area contributed by atoms with Crippen LogP contribution in [-0.4, -0.2) is 43.7 Å². The lowest BCUT2D eigenvalue weighted by atomic mass is 9.72. The van der Waals surface area contributed by atoms with Crippen molar-refractivity contribution in [2.75, 3.05) is 5.32 Å². The highest BCUT2D eigenvalue weighted by Gasteiger charge is 2.71. The van der Waals surface area contributed by atoms with Crippen LogP contribution in [-0.2, 0) is 25.0 Å². The maximum Gasteiger partial charge on any atom is 0.317 e. The maximum atomic E-state index is 14.0. The van der Waals surface area contributed by atoms with Crippen LogP contribution in [0.25, 0.3) is 10.8 Å². The molecular weight excluding hydrogens is 484 g/mol. The molecule has 0 bridgehead atoms. The van der Waals surface area contributed by atoms with E-state index in [9.17, 15) is 48.3 Å². The minimum Gasteiger partial charge on any atom is -0.395 e. The number of halogens is 4. The first-order chi connectivity index (χ1) is 14.4. The molecule has 1 aliphatic carbocycles. The van der Waals surface area contributed by atoms with E-state index >= 15 is 0 Å². The quantitative estimate of drug-likeness (QED) is 0.277. The molecule has 3 rings (SSSR count). The number of fused-ring (bicyclic) bond motifs is 1. The molecule has 0 spiro atoms. The van der Waals surface area contributed by atoms with E-state index in [4.69, 9.17) is 5.73 Å². The molecule has 5 N–H and O–H groups in total. The molecule has 1 fully saturated rings. The van der Waals surface area contributed by atoms with Crippen molar-refractivity contribution < 1.29 is 48.3 Å². The third-order valence-corrected chi connectivity index (χ3v) is 6.73. The van der Waals surface area contributed by atoms with Crippen molar-refractivity contribution in [2.45, 2.75) is 34.0 Å². The molecule has 1 saturated carbocycles. The van der Waals surface area contributed by atoms with Crippen molar-refractivity contribution in [3.05, 3.63) is 42.1 Å². The molecule has 1 aliphatic rings. The van der Waals surface area contributed by atoms with Crippen LogP contribution in [0.2, 0.25) is 0 Å². The van der Waals surface area contributed by atoms with Crippen molar-refractivity contribution in [1.82, 2.24) is 0 Å². The highest BCUT2D eigenvalue weighted by molar-refractivity contribution is 7.86. The number of anilines is 1. The zero-order chi connectivity index (χ0) is 24.4. The van der Waals surface area contributed by atoms with Gasteiger partial charge in [0.1, 0.15) is 9.79 Å². The Hall–Kier alpha value is -2.75. The average Bonchev–Trinajstić information content (AvgIpc) is 2.63. The summed E-state index contributed by atoms with van der Waals surface area (Å²) in [5.41, 5.74) is 3.50. The van der Waals surface area contributed by atoms with Gasteiger partial charge in [-0.15, -0.1) is 0 Å². The molecule has 32 heavy (non-hydrogen) atoms. The number of carbonyl (C=O) groups is 1. The van der Waals surface area contributed by atoms with E-state index < -0.39 is 87.8 Å². The van der Waals surface area contributed by atoms with E-state index in [1.165, 1.54) is 0 Å². The topological polar surface area (TPSA) is 164 Å². The van der Waals surface area contributed by atoms with E-state index in [1.807, 2.05) is 0 Å². The molecule has 15 heteroatoms. The molecule has 1 unspecified atom stereocenters. The minimum absolute atomic E-state index is 0.450. The van der Waals surface area contributed by atoms with Crippen LogP contribution >= 0.6 is 0 Å². The molecule has 0 saturated heterocycles. The Balaban J connectivity index is 2.44. The minimum atomic E-state index is -5.29. The van der Waals surface area contributed by atoms with E-state index in [-0.39, 0.29) is 0 Å². The van der Waals surface area contributed by atoms with Crippen molar-refractivity contribution in [2.24, 2.45) is 5.73 Å². The highest BCUT2D eigenvalue weighted by Crippen LogP contribution is 2.60. The number of nitrogens with two attached hydrogens (primary N) is 1. The Bertz CT molecular complexity index is 1390. The number of benzene rings is 2. The first-order valence-corrected chi connectivity index (χ1v) is 11.3. The summed E-state index contributed by atoms with van der Waals surface area (Å²) >= 11 is 0. The monoisotopic (exact) mass is 498 g/mol. The maximum absolute atomic E-state index is 14.0. The fourth-order valence-electron chi connectivity index (χ4n) is 3.35. The van der Waals surface area contributed by atoms with E-state index in [2.05, 4.69) is 11.9 Å². The highest BCUT2D eigenvalue weighted by atomic mass is 32.2. The van der Waals surface area contributed by atoms with Crippen LogP contribution < -0.4 is 11.1 Å². The molecule has 174 valence electrons. The number of carbonyl (C=O) groups excluding carboxylic acids is 1. The van der Waals surface area contributed by atoms with Gasteiger partial charge in [-0.05, 0) is 29.8 Å². The third kappa shape index (κ3) is 3.80. The molecule has 1 amide bonds. The summed E-state index contributed by atoms with van der Waals surface area (Å²) in [6.07, 6.45) is -1.39. The summed E-state index contributed by atoms with van der Waals surface area (Å²) in [6, 6.07) is 2.67. The SMILES string of the molecule is C=C(N)C(=O)Nc1ccc(S(=O)(=O)O)c2cc(C3CC(F)(F)C3(F)F)cc(S(=O)(=O)O)c12. The fourth-order valence-corrected chi connectivity index (χ4v) is 4.79. The van der Waals surface area contributed by atoms with Crippen molar-refractivity contribution in [1.29, 1.82) is 0 Å². The number of amides is 1. The Kier molecular flexibility index (Phi) is 5.32. The zero-order valence-corrected chi connectivity index (χ0v) is 17.3. The van der Waals surface area contributed by atoms with Crippen molar-refractivity contribution in [3.63, 3.8) is 0 Å². The zero-order valence-electron chi connectivity index (χ0n) is 15.6. The second-order valence-corrected chi connectivity index (χ2v) is 9.85.